The van der Waals surface area contributed by atoms with E-state index in [4.69, 9.17) is 17.3 Å². The molecule has 2 N–H and O–H groups in total. The third-order valence-corrected chi connectivity index (χ3v) is 3.64. The van der Waals surface area contributed by atoms with E-state index >= 15 is 0 Å². The quantitative estimate of drug-likeness (QED) is 0.799. The zero-order valence-electron chi connectivity index (χ0n) is 12.4. The van der Waals surface area contributed by atoms with E-state index in [9.17, 15) is 4.79 Å². The van der Waals surface area contributed by atoms with Crippen LogP contribution in [0.5, 0.6) is 0 Å². The minimum atomic E-state index is 0.0657. The zero-order chi connectivity index (χ0) is 15.0. The Labute approximate surface area is 127 Å². The lowest BCUT2D eigenvalue weighted by Crippen LogP contribution is -2.34. The van der Waals surface area contributed by atoms with Gasteiger partial charge in [0.1, 0.15) is 0 Å². The maximum absolute atomic E-state index is 12.4. The number of hydrogen-bond donors (Lipinski definition) is 1. The van der Waals surface area contributed by atoms with Gasteiger partial charge in [-0.3, -0.25) is 4.79 Å². The van der Waals surface area contributed by atoms with Crippen molar-refractivity contribution in [1.29, 1.82) is 0 Å². The molecule has 0 heterocycles. The van der Waals surface area contributed by atoms with Gasteiger partial charge in [-0.05, 0) is 37.1 Å². The van der Waals surface area contributed by atoms with Crippen molar-refractivity contribution < 1.29 is 4.79 Å². The van der Waals surface area contributed by atoms with Crippen LogP contribution in [-0.4, -0.2) is 30.4 Å². The highest BCUT2D eigenvalue weighted by atomic mass is 35.5. The van der Waals surface area contributed by atoms with Gasteiger partial charge in [-0.25, -0.2) is 0 Å². The Bertz CT molecular complexity index is 399. The molecule has 112 valence electrons. The summed E-state index contributed by atoms with van der Waals surface area (Å²) in [6.45, 7) is 6.31. The topological polar surface area (TPSA) is 46.3 Å². The molecule has 20 heavy (non-hydrogen) atoms. The molecule has 0 saturated heterocycles. The van der Waals surface area contributed by atoms with Crippen LogP contribution in [0, 0.1) is 0 Å². The number of carbonyl (C=O) groups excluding carboxylic acids is 1. The number of carbonyl (C=O) groups is 1. The summed E-state index contributed by atoms with van der Waals surface area (Å²) in [5.41, 5.74) is 6.92. The van der Waals surface area contributed by atoms with E-state index < -0.39 is 0 Å². The molecule has 0 spiro atoms. The highest BCUT2D eigenvalue weighted by molar-refractivity contribution is 6.30. The van der Waals surface area contributed by atoms with E-state index in [1.807, 2.05) is 29.2 Å². The molecular formula is C16H25ClN2O. The molecule has 0 fully saturated rings. The molecule has 0 aliphatic carbocycles. The number of halogens is 1. The molecule has 0 saturated carbocycles. The third kappa shape index (κ3) is 5.14. The summed E-state index contributed by atoms with van der Waals surface area (Å²) in [7, 11) is 0. The maximum Gasteiger partial charge on any atom is 0.223 e. The first-order valence-electron chi connectivity index (χ1n) is 7.35. The molecule has 0 aliphatic heterocycles. The van der Waals surface area contributed by atoms with Crippen LogP contribution in [0.25, 0.3) is 0 Å². The molecule has 0 aromatic heterocycles. The first-order chi connectivity index (χ1) is 9.62. The van der Waals surface area contributed by atoms with Crippen molar-refractivity contribution in [2.24, 2.45) is 5.73 Å². The average Bonchev–Trinajstić information content (AvgIpc) is 2.45. The Hall–Kier alpha value is -1.06. The fourth-order valence-corrected chi connectivity index (χ4v) is 2.44. The second kappa shape index (κ2) is 8.98. The predicted molar refractivity (Wildman–Crippen MR) is 85.0 cm³/mol. The normalized spacial score (nSPS) is 12.2. The maximum atomic E-state index is 12.4. The fourth-order valence-electron chi connectivity index (χ4n) is 2.31. The van der Waals surface area contributed by atoms with E-state index in [2.05, 4.69) is 13.8 Å². The number of benzene rings is 1. The first-order valence-corrected chi connectivity index (χ1v) is 7.73. The van der Waals surface area contributed by atoms with Gasteiger partial charge < -0.3 is 10.6 Å². The lowest BCUT2D eigenvalue weighted by Gasteiger charge is -2.24. The minimum absolute atomic E-state index is 0.0657. The van der Waals surface area contributed by atoms with E-state index in [1.54, 1.807) is 0 Å². The highest BCUT2D eigenvalue weighted by Gasteiger charge is 2.18. The number of hydrogen-bond acceptors (Lipinski definition) is 2. The molecule has 1 aromatic rings. The summed E-state index contributed by atoms with van der Waals surface area (Å²) in [5.74, 6) is 0.259. The first kappa shape index (κ1) is 17.0. The predicted octanol–water partition coefficient (Wildman–Crippen LogP) is 3.42. The van der Waals surface area contributed by atoms with Crippen LogP contribution >= 0.6 is 11.6 Å². The number of nitrogens with zero attached hydrogens (tertiary/aromatic N) is 1. The largest absolute Gasteiger partial charge is 0.343 e. The van der Waals surface area contributed by atoms with Crippen LogP contribution in [-0.2, 0) is 4.79 Å². The molecule has 1 rings (SSSR count). The smallest absolute Gasteiger partial charge is 0.223 e. The van der Waals surface area contributed by atoms with Crippen LogP contribution in [0.3, 0.4) is 0 Å². The fraction of sp³-hybridized carbons (Fsp3) is 0.562. The van der Waals surface area contributed by atoms with Crippen molar-refractivity contribution in [3.05, 3.63) is 34.9 Å². The molecule has 0 bridgehead atoms. The van der Waals surface area contributed by atoms with Crippen molar-refractivity contribution in [2.45, 2.75) is 39.0 Å². The monoisotopic (exact) mass is 296 g/mol. The van der Waals surface area contributed by atoms with Gasteiger partial charge in [0.2, 0.25) is 5.91 Å². The number of rotatable bonds is 8. The Morgan fingerprint density at radius 1 is 1.20 bits per heavy atom. The summed E-state index contributed by atoms with van der Waals surface area (Å²) in [4.78, 5) is 14.3. The molecule has 4 heteroatoms. The van der Waals surface area contributed by atoms with Crippen molar-refractivity contribution in [2.75, 3.05) is 19.6 Å². The Balaban J connectivity index is 2.71. The molecule has 1 atom stereocenters. The average molecular weight is 297 g/mol. The van der Waals surface area contributed by atoms with Gasteiger partial charge in [-0.2, -0.15) is 0 Å². The molecule has 1 amide bonds. The third-order valence-electron chi connectivity index (χ3n) is 3.39. The molecule has 1 unspecified atom stereocenters. The van der Waals surface area contributed by atoms with Crippen LogP contribution in [0.1, 0.15) is 44.6 Å². The van der Waals surface area contributed by atoms with Crippen molar-refractivity contribution >= 4 is 17.5 Å². The van der Waals surface area contributed by atoms with Gasteiger partial charge in [0.15, 0.2) is 0 Å². The van der Waals surface area contributed by atoms with Crippen LogP contribution in [0.2, 0.25) is 5.02 Å². The van der Waals surface area contributed by atoms with Crippen LogP contribution in [0.4, 0.5) is 0 Å². The van der Waals surface area contributed by atoms with E-state index in [0.29, 0.717) is 18.0 Å². The number of amides is 1. The lowest BCUT2D eigenvalue weighted by molar-refractivity contribution is -0.131. The van der Waals surface area contributed by atoms with Crippen molar-refractivity contribution in [3.8, 4) is 0 Å². The van der Waals surface area contributed by atoms with Gasteiger partial charge >= 0.3 is 0 Å². The van der Waals surface area contributed by atoms with E-state index in [1.165, 1.54) is 0 Å². The van der Waals surface area contributed by atoms with Gasteiger partial charge in [-0.15, -0.1) is 0 Å². The SMILES string of the molecule is CCCN(CCC)C(=O)CC(CN)c1ccc(Cl)cc1. The van der Waals surface area contributed by atoms with Crippen LogP contribution in [0.15, 0.2) is 24.3 Å². The zero-order valence-corrected chi connectivity index (χ0v) is 13.2. The van der Waals surface area contributed by atoms with Gasteiger partial charge in [-0.1, -0.05) is 37.6 Å². The highest BCUT2D eigenvalue weighted by Crippen LogP contribution is 2.21. The van der Waals surface area contributed by atoms with E-state index in [0.717, 1.165) is 31.5 Å². The second-order valence-corrected chi connectivity index (χ2v) is 5.51. The Morgan fingerprint density at radius 3 is 2.20 bits per heavy atom. The van der Waals surface area contributed by atoms with Crippen LogP contribution < -0.4 is 5.73 Å². The van der Waals surface area contributed by atoms with E-state index in [-0.39, 0.29) is 11.8 Å². The summed E-state index contributed by atoms with van der Waals surface area (Å²) in [6.07, 6.45) is 2.44. The standard InChI is InChI=1S/C16H25ClN2O/c1-3-9-19(10-4-2)16(20)11-14(12-18)13-5-7-15(17)8-6-13/h5-8,14H,3-4,9-12,18H2,1-2H3. The van der Waals surface area contributed by atoms with Gasteiger partial charge in [0.05, 0.1) is 0 Å². The van der Waals surface area contributed by atoms with Gasteiger partial charge in [0, 0.05) is 30.5 Å². The number of nitrogens with two attached hydrogens (primary N) is 1. The molecule has 3 nitrogen and oxygen atoms in total. The molecule has 0 radical (unpaired) electrons. The van der Waals surface area contributed by atoms with Gasteiger partial charge in [0.25, 0.3) is 0 Å². The summed E-state index contributed by atoms with van der Waals surface area (Å²) in [5, 5.41) is 0.703. The molecule has 1 aromatic carbocycles. The minimum Gasteiger partial charge on any atom is -0.343 e. The summed E-state index contributed by atoms with van der Waals surface area (Å²) in [6, 6.07) is 7.61. The second-order valence-electron chi connectivity index (χ2n) is 5.07. The summed E-state index contributed by atoms with van der Waals surface area (Å²) >= 11 is 5.89. The van der Waals surface area contributed by atoms with Crippen molar-refractivity contribution in [1.82, 2.24) is 4.90 Å². The Morgan fingerprint density at radius 2 is 1.75 bits per heavy atom. The van der Waals surface area contributed by atoms with Crippen molar-refractivity contribution in [3.63, 3.8) is 0 Å². The summed E-state index contributed by atoms with van der Waals surface area (Å²) < 4.78 is 0. The molecular weight excluding hydrogens is 272 g/mol. The molecule has 0 aliphatic rings. The lowest BCUT2D eigenvalue weighted by atomic mass is 9.95. The Kier molecular flexibility index (Phi) is 7.63.